The van der Waals surface area contributed by atoms with Gasteiger partial charge < -0.3 is 4.90 Å². The Morgan fingerprint density at radius 3 is 2.42 bits per heavy atom. The van der Waals surface area contributed by atoms with Gasteiger partial charge in [0.1, 0.15) is 12.9 Å². The summed E-state index contributed by atoms with van der Waals surface area (Å²) >= 11 is 0. The first-order valence-electron chi connectivity index (χ1n) is 6.47. The fraction of sp³-hybridized carbons (Fsp3) is 0.615. The van der Waals surface area contributed by atoms with Gasteiger partial charge in [0.25, 0.3) is 5.95 Å². The van der Waals surface area contributed by atoms with Gasteiger partial charge in [0.2, 0.25) is 5.95 Å². The molecule has 0 N–H and O–H groups in total. The fourth-order valence-electron chi connectivity index (χ4n) is 1.63. The van der Waals surface area contributed by atoms with Crippen LogP contribution in [0.1, 0.15) is 26.7 Å². The maximum absolute atomic E-state index is 5.26. The Morgan fingerprint density at radius 2 is 1.84 bits per heavy atom. The zero-order chi connectivity index (χ0) is 14.1. The van der Waals surface area contributed by atoms with E-state index in [-0.39, 0.29) is 6.61 Å². The van der Waals surface area contributed by atoms with Crippen molar-refractivity contribution in [3.63, 3.8) is 0 Å². The summed E-state index contributed by atoms with van der Waals surface area (Å²) in [5.41, 5.74) is 0. The van der Waals surface area contributed by atoms with Crippen LogP contribution in [0.15, 0.2) is 6.33 Å². The highest BCUT2D eigenvalue weighted by Crippen LogP contribution is 2.12. The lowest BCUT2D eigenvalue weighted by Gasteiger charge is -2.22. The van der Waals surface area contributed by atoms with Crippen LogP contribution in [-0.2, 0) is 4.84 Å². The number of hydrogen-bond donors (Lipinski definition) is 0. The third-order valence-electron chi connectivity index (χ3n) is 2.44. The molecule has 0 atom stereocenters. The van der Waals surface area contributed by atoms with Crippen molar-refractivity contribution in [2.45, 2.75) is 26.7 Å². The van der Waals surface area contributed by atoms with Crippen molar-refractivity contribution >= 4 is 11.9 Å². The largest absolute Gasteiger partial charge is 0.341 e. The summed E-state index contributed by atoms with van der Waals surface area (Å²) in [6.45, 7) is 6.30. The Balaban J connectivity index is 2.82. The van der Waals surface area contributed by atoms with Gasteiger partial charge >= 0.3 is 0 Å². The molecule has 0 aliphatic rings. The molecule has 1 rings (SSSR count). The van der Waals surface area contributed by atoms with E-state index in [1.807, 2.05) is 0 Å². The van der Waals surface area contributed by atoms with Crippen LogP contribution in [0.25, 0.3) is 0 Å². The maximum Gasteiger partial charge on any atom is 0.254 e. The normalized spacial score (nSPS) is 10.0. The van der Waals surface area contributed by atoms with E-state index in [1.54, 1.807) is 7.05 Å². The molecule has 6 heteroatoms. The zero-order valence-electron chi connectivity index (χ0n) is 11.8. The molecule has 104 valence electrons. The number of nitrogens with zero attached hydrogens (tertiary/aromatic N) is 5. The van der Waals surface area contributed by atoms with E-state index >= 15 is 0 Å². The van der Waals surface area contributed by atoms with Gasteiger partial charge in [0.05, 0.1) is 0 Å². The monoisotopic (exact) mass is 263 g/mol. The van der Waals surface area contributed by atoms with Gasteiger partial charge in [-0.2, -0.15) is 9.97 Å². The van der Waals surface area contributed by atoms with Crippen molar-refractivity contribution in [2.75, 3.05) is 36.7 Å². The molecule has 0 fully saturated rings. The standard InChI is InChI=1S/C13H21N5O/c1-5-8-18(9-6-2)13-15-11-14-12(16-13)17(4)19-10-7-3/h3,11H,5-6,8-10H2,1-2,4H3. The molecule has 1 aromatic rings. The highest BCUT2D eigenvalue weighted by Gasteiger charge is 2.11. The minimum atomic E-state index is 0.186. The van der Waals surface area contributed by atoms with Gasteiger partial charge in [0.15, 0.2) is 0 Å². The molecule has 1 aromatic heterocycles. The predicted octanol–water partition coefficient (Wildman–Crippen LogP) is 1.50. The zero-order valence-corrected chi connectivity index (χ0v) is 11.8. The number of terminal acetylenes is 1. The van der Waals surface area contributed by atoms with Crippen LogP contribution < -0.4 is 9.96 Å². The Labute approximate surface area is 114 Å². The average molecular weight is 263 g/mol. The number of hydrogen-bond acceptors (Lipinski definition) is 6. The summed E-state index contributed by atoms with van der Waals surface area (Å²) in [4.78, 5) is 20.1. The molecule has 0 saturated heterocycles. The Bertz CT molecular complexity index is 412. The first-order chi connectivity index (χ1) is 9.22. The SMILES string of the molecule is C#CCON(C)c1ncnc(N(CCC)CCC)n1. The molecule has 0 spiro atoms. The van der Waals surface area contributed by atoms with Crippen molar-refractivity contribution in [1.82, 2.24) is 15.0 Å². The molecule has 0 aromatic carbocycles. The van der Waals surface area contributed by atoms with E-state index in [9.17, 15) is 0 Å². The van der Waals surface area contributed by atoms with Crippen LogP contribution in [0.5, 0.6) is 0 Å². The van der Waals surface area contributed by atoms with E-state index in [4.69, 9.17) is 11.3 Å². The van der Waals surface area contributed by atoms with E-state index in [0.29, 0.717) is 11.9 Å². The lowest BCUT2D eigenvalue weighted by molar-refractivity contribution is 0.149. The molecular weight excluding hydrogens is 242 g/mol. The lowest BCUT2D eigenvalue weighted by Crippen LogP contribution is -2.28. The van der Waals surface area contributed by atoms with Crippen LogP contribution in [0, 0.1) is 12.3 Å². The van der Waals surface area contributed by atoms with Crippen LogP contribution >= 0.6 is 0 Å². The fourth-order valence-corrected chi connectivity index (χ4v) is 1.63. The molecular formula is C13H21N5O. The molecule has 6 nitrogen and oxygen atoms in total. The van der Waals surface area contributed by atoms with Crippen molar-refractivity contribution in [3.8, 4) is 12.3 Å². The van der Waals surface area contributed by atoms with E-state index in [2.05, 4.69) is 39.6 Å². The quantitative estimate of drug-likeness (QED) is 0.523. The summed E-state index contributed by atoms with van der Waals surface area (Å²) in [7, 11) is 1.72. The van der Waals surface area contributed by atoms with E-state index in [1.165, 1.54) is 11.4 Å². The number of rotatable bonds is 8. The predicted molar refractivity (Wildman–Crippen MR) is 75.8 cm³/mol. The minimum Gasteiger partial charge on any atom is -0.341 e. The maximum atomic E-state index is 5.26. The first-order valence-corrected chi connectivity index (χ1v) is 6.47. The molecule has 19 heavy (non-hydrogen) atoms. The Kier molecular flexibility index (Phi) is 6.61. The molecule has 0 unspecified atom stereocenters. The van der Waals surface area contributed by atoms with Crippen molar-refractivity contribution in [3.05, 3.63) is 6.33 Å². The van der Waals surface area contributed by atoms with Crippen LogP contribution in [0.4, 0.5) is 11.9 Å². The van der Waals surface area contributed by atoms with Gasteiger partial charge in [-0.25, -0.2) is 10.0 Å². The number of aromatic nitrogens is 3. The van der Waals surface area contributed by atoms with Gasteiger partial charge in [-0.15, -0.1) is 6.42 Å². The molecule has 0 aliphatic carbocycles. The highest BCUT2D eigenvalue weighted by atomic mass is 16.7. The molecule has 1 heterocycles. The highest BCUT2D eigenvalue weighted by molar-refractivity contribution is 5.35. The average Bonchev–Trinajstić information content (AvgIpc) is 2.44. The van der Waals surface area contributed by atoms with Gasteiger partial charge in [-0.1, -0.05) is 19.8 Å². The van der Waals surface area contributed by atoms with Crippen molar-refractivity contribution < 1.29 is 4.84 Å². The van der Waals surface area contributed by atoms with Gasteiger partial charge in [-0.05, 0) is 12.8 Å². The minimum absolute atomic E-state index is 0.186. The van der Waals surface area contributed by atoms with Crippen LogP contribution in [-0.4, -0.2) is 41.7 Å². The lowest BCUT2D eigenvalue weighted by atomic mass is 10.4. The smallest absolute Gasteiger partial charge is 0.254 e. The molecule has 0 radical (unpaired) electrons. The molecule has 0 amide bonds. The first kappa shape index (κ1) is 15.2. The van der Waals surface area contributed by atoms with Gasteiger partial charge in [0, 0.05) is 20.1 Å². The summed E-state index contributed by atoms with van der Waals surface area (Å²) in [6, 6.07) is 0. The van der Waals surface area contributed by atoms with Crippen LogP contribution in [0.2, 0.25) is 0 Å². The third-order valence-corrected chi connectivity index (χ3v) is 2.44. The second kappa shape index (κ2) is 8.27. The topological polar surface area (TPSA) is 54.4 Å². The second-order valence-electron chi connectivity index (χ2n) is 4.05. The Morgan fingerprint density at radius 1 is 1.21 bits per heavy atom. The van der Waals surface area contributed by atoms with E-state index < -0.39 is 0 Å². The molecule has 0 aliphatic heterocycles. The Hall–Kier alpha value is -1.87. The van der Waals surface area contributed by atoms with Crippen molar-refractivity contribution in [1.29, 1.82) is 0 Å². The summed E-state index contributed by atoms with van der Waals surface area (Å²) in [5, 5.41) is 1.46. The van der Waals surface area contributed by atoms with E-state index in [0.717, 1.165) is 25.9 Å². The van der Waals surface area contributed by atoms with Crippen LogP contribution in [0.3, 0.4) is 0 Å². The summed E-state index contributed by atoms with van der Waals surface area (Å²) in [5.74, 6) is 3.53. The van der Waals surface area contributed by atoms with Crippen molar-refractivity contribution in [2.24, 2.45) is 0 Å². The van der Waals surface area contributed by atoms with Gasteiger partial charge in [-0.3, -0.25) is 4.84 Å². The third kappa shape index (κ3) is 4.72. The number of anilines is 2. The second-order valence-corrected chi connectivity index (χ2v) is 4.05. The number of hydroxylamine groups is 1. The summed E-state index contributed by atoms with van der Waals surface area (Å²) < 4.78 is 0. The molecule has 0 saturated carbocycles. The molecule has 0 bridgehead atoms. The summed E-state index contributed by atoms with van der Waals surface area (Å²) in [6.07, 6.45) is 8.73.